The Hall–Kier alpha value is -1.93. The predicted molar refractivity (Wildman–Crippen MR) is 95.7 cm³/mol. The van der Waals surface area contributed by atoms with Gasteiger partial charge in [-0.2, -0.15) is 0 Å². The van der Waals surface area contributed by atoms with Crippen LogP contribution in [0.3, 0.4) is 0 Å². The molecular weight excluding hydrogens is 324 g/mol. The first kappa shape index (κ1) is 16.9. The number of nitrogens with zero attached hydrogens (tertiary/aromatic N) is 2. The number of sulfonamides is 1. The number of nitrogen functional groups attached to an aromatic ring is 1. The van der Waals surface area contributed by atoms with Crippen LogP contribution in [-0.4, -0.2) is 51.6 Å². The highest BCUT2D eigenvalue weighted by Gasteiger charge is 2.21. The van der Waals surface area contributed by atoms with Gasteiger partial charge in [-0.25, -0.2) is 13.4 Å². The van der Waals surface area contributed by atoms with Crippen molar-refractivity contribution in [2.45, 2.75) is 4.90 Å². The van der Waals surface area contributed by atoms with E-state index in [0.29, 0.717) is 18.8 Å². The third-order valence-electron chi connectivity index (χ3n) is 4.16. The van der Waals surface area contributed by atoms with Crippen molar-refractivity contribution in [3.63, 3.8) is 0 Å². The number of hydrazine groups is 1. The lowest BCUT2D eigenvalue weighted by Crippen LogP contribution is -2.52. The molecule has 7 heteroatoms. The van der Waals surface area contributed by atoms with E-state index in [9.17, 15) is 8.42 Å². The summed E-state index contributed by atoms with van der Waals surface area (Å²) >= 11 is 0. The topological polar surface area (TPSA) is 78.7 Å². The molecular formula is C17H22N4O2S. The molecule has 1 fully saturated rings. The number of hydrogen-bond donors (Lipinski definition) is 2. The van der Waals surface area contributed by atoms with Crippen LogP contribution in [0.25, 0.3) is 11.1 Å². The zero-order valence-electron chi connectivity index (χ0n) is 13.6. The molecule has 0 amide bonds. The summed E-state index contributed by atoms with van der Waals surface area (Å²) in [6.07, 6.45) is 0. The fraction of sp³-hybridized carbons (Fsp3) is 0.294. The van der Waals surface area contributed by atoms with Crippen molar-refractivity contribution in [1.82, 2.24) is 14.7 Å². The van der Waals surface area contributed by atoms with Crippen molar-refractivity contribution in [1.29, 1.82) is 0 Å². The number of benzene rings is 2. The fourth-order valence-corrected chi connectivity index (χ4v) is 3.74. The van der Waals surface area contributed by atoms with E-state index in [0.717, 1.165) is 24.2 Å². The van der Waals surface area contributed by atoms with Crippen LogP contribution in [0.15, 0.2) is 53.4 Å². The minimum absolute atomic E-state index is 0.264. The first-order chi connectivity index (χ1) is 11.4. The predicted octanol–water partition coefficient (Wildman–Crippen LogP) is 1.38. The molecule has 0 aromatic heterocycles. The molecule has 0 atom stereocenters. The Kier molecular flexibility index (Phi) is 4.86. The highest BCUT2D eigenvalue weighted by Crippen LogP contribution is 2.22. The van der Waals surface area contributed by atoms with Crippen LogP contribution in [0.1, 0.15) is 0 Å². The van der Waals surface area contributed by atoms with E-state index in [-0.39, 0.29) is 4.90 Å². The summed E-state index contributed by atoms with van der Waals surface area (Å²) in [4.78, 5) is 5.10. The lowest BCUT2D eigenvalue weighted by atomic mass is 10.1. The summed E-state index contributed by atoms with van der Waals surface area (Å²) in [5.41, 5.74) is 8.34. The number of likely N-dealkylation sites (N-methyl/N-ethyl adjacent to an activating group) is 1. The molecule has 0 radical (unpaired) electrons. The molecule has 2 aromatic rings. The quantitative estimate of drug-likeness (QED) is 0.818. The molecule has 1 aliphatic heterocycles. The fourth-order valence-electron chi connectivity index (χ4n) is 2.62. The number of hydrogen-bond acceptors (Lipinski definition) is 5. The van der Waals surface area contributed by atoms with Gasteiger partial charge < -0.3 is 10.6 Å². The number of nitrogens with two attached hydrogens (primary N) is 1. The molecule has 1 aliphatic rings. The van der Waals surface area contributed by atoms with Crippen molar-refractivity contribution >= 4 is 15.7 Å². The molecule has 0 aliphatic carbocycles. The van der Waals surface area contributed by atoms with Crippen molar-refractivity contribution in [2.24, 2.45) is 0 Å². The van der Waals surface area contributed by atoms with Gasteiger partial charge in [0, 0.05) is 31.9 Å². The highest BCUT2D eigenvalue weighted by atomic mass is 32.2. The van der Waals surface area contributed by atoms with Crippen molar-refractivity contribution in [3.8, 4) is 11.1 Å². The van der Waals surface area contributed by atoms with E-state index in [4.69, 9.17) is 5.73 Å². The van der Waals surface area contributed by atoms with Crippen LogP contribution in [0, 0.1) is 0 Å². The first-order valence-electron chi connectivity index (χ1n) is 7.86. The lowest BCUT2D eigenvalue weighted by molar-refractivity contribution is 0.135. The first-order valence-corrected chi connectivity index (χ1v) is 9.34. The summed E-state index contributed by atoms with van der Waals surface area (Å²) in [6.45, 7) is 3.05. The van der Waals surface area contributed by atoms with Gasteiger partial charge in [-0.1, -0.05) is 24.3 Å². The van der Waals surface area contributed by atoms with E-state index < -0.39 is 10.0 Å². The summed E-state index contributed by atoms with van der Waals surface area (Å²) in [6, 6.07) is 14.4. The number of rotatable bonds is 4. The van der Waals surface area contributed by atoms with Gasteiger partial charge >= 0.3 is 0 Å². The maximum atomic E-state index is 12.5. The van der Waals surface area contributed by atoms with Gasteiger partial charge in [0.25, 0.3) is 10.0 Å². The van der Waals surface area contributed by atoms with Gasteiger partial charge in [0.2, 0.25) is 0 Å². The van der Waals surface area contributed by atoms with Gasteiger partial charge in [0.1, 0.15) is 0 Å². The minimum Gasteiger partial charge on any atom is -0.399 e. The summed E-state index contributed by atoms with van der Waals surface area (Å²) < 4.78 is 25.0. The molecule has 128 valence electrons. The van der Waals surface area contributed by atoms with E-state index >= 15 is 0 Å². The Morgan fingerprint density at radius 3 is 1.92 bits per heavy atom. The molecule has 1 heterocycles. The monoisotopic (exact) mass is 346 g/mol. The molecule has 6 nitrogen and oxygen atoms in total. The minimum atomic E-state index is -3.55. The Morgan fingerprint density at radius 1 is 0.875 bits per heavy atom. The van der Waals surface area contributed by atoms with E-state index in [1.165, 1.54) is 0 Å². The second-order valence-electron chi connectivity index (χ2n) is 6.03. The average molecular weight is 346 g/mol. The van der Waals surface area contributed by atoms with E-state index in [1.807, 2.05) is 43.4 Å². The highest BCUT2D eigenvalue weighted by molar-refractivity contribution is 7.89. The van der Waals surface area contributed by atoms with Crippen LogP contribution >= 0.6 is 0 Å². The third kappa shape index (κ3) is 3.93. The molecule has 0 saturated carbocycles. The molecule has 0 bridgehead atoms. The van der Waals surface area contributed by atoms with Crippen LogP contribution in [0.4, 0.5) is 5.69 Å². The molecule has 1 saturated heterocycles. The van der Waals surface area contributed by atoms with Gasteiger partial charge in [-0.15, -0.1) is 4.83 Å². The molecule has 3 N–H and O–H groups in total. The normalized spacial score (nSPS) is 17.0. The van der Waals surface area contributed by atoms with Crippen molar-refractivity contribution < 1.29 is 8.42 Å². The number of anilines is 1. The van der Waals surface area contributed by atoms with Crippen LogP contribution < -0.4 is 10.6 Å². The zero-order valence-corrected chi connectivity index (χ0v) is 14.5. The second-order valence-corrected chi connectivity index (χ2v) is 7.69. The van der Waals surface area contributed by atoms with Gasteiger partial charge in [-0.05, 0) is 42.4 Å². The Balaban J connectivity index is 1.73. The Labute approximate surface area is 142 Å². The molecule has 3 rings (SSSR count). The van der Waals surface area contributed by atoms with Gasteiger partial charge in [0.15, 0.2) is 0 Å². The molecule has 0 spiro atoms. The summed E-state index contributed by atoms with van der Waals surface area (Å²) in [5, 5.41) is 1.75. The van der Waals surface area contributed by atoms with Crippen LogP contribution in [0.5, 0.6) is 0 Å². The Morgan fingerprint density at radius 2 is 1.38 bits per heavy atom. The maximum Gasteiger partial charge on any atom is 0.253 e. The van der Waals surface area contributed by atoms with Crippen LogP contribution in [-0.2, 0) is 10.0 Å². The standard InChI is InChI=1S/C17H22N4O2S/c1-20-10-12-21(13-11-20)19-24(22,23)17-8-4-15(5-9-17)14-2-6-16(18)7-3-14/h2-9,19H,10-13,18H2,1H3. The Bertz CT molecular complexity index is 780. The number of piperazine rings is 1. The van der Waals surface area contributed by atoms with Crippen molar-refractivity contribution in [3.05, 3.63) is 48.5 Å². The van der Waals surface area contributed by atoms with Gasteiger partial charge in [-0.3, -0.25) is 0 Å². The van der Waals surface area contributed by atoms with Gasteiger partial charge in [0.05, 0.1) is 4.90 Å². The largest absolute Gasteiger partial charge is 0.399 e. The SMILES string of the molecule is CN1CCN(NS(=O)(=O)c2ccc(-c3ccc(N)cc3)cc2)CC1. The van der Waals surface area contributed by atoms with Crippen LogP contribution in [0.2, 0.25) is 0 Å². The van der Waals surface area contributed by atoms with E-state index in [1.54, 1.807) is 17.1 Å². The lowest BCUT2D eigenvalue weighted by Gasteiger charge is -2.32. The zero-order chi connectivity index (χ0) is 17.2. The number of nitrogens with one attached hydrogen (secondary N) is 1. The van der Waals surface area contributed by atoms with Crippen molar-refractivity contribution in [2.75, 3.05) is 39.0 Å². The smallest absolute Gasteiger partial charge is 0.253 e. The summed E-state index contributed by atoms with van der Waals surface area (Å²) in [5.74, 6) is 0. The maximum absolute atomic E-state index is 12.5. The molecule has 0 unspecified atom stereocenters. The molecule has 2 aromatic carbocycles. The summed E-state index contributed by atoms with van der Waals surface area (Å²) in [7, 11) is -1.52. The second kappa shape index (κ2) is 6.90. The third-order valence-corrected chi connectivity index (χ3v) is 5.55. The molecule has 24 heavy (non-hydrogen) atoms. The van der Waals surface area contributed by atoms with E-state index in [2.05, 4.69) is 9.73 Å². The average Bonchev–Trinajstić information content (AvgIpc) is 2.58.